The molecule has 6 heteroatoms. The molecule has 116 valence electrons. The fourth-order valence-electron chi connectivity index (χ4n) is 3.34. The van der Waals surface area contributed by atoms with Gasteiger partial charge in [-0.25, -0.2) is 4.39 Å². The topological polar surface area (TPSA) is 72.4 Å². The number of anilines is 1. The summed E-state index contributed by atoms with van der Waals surface area (Å²) < 4.78 is 13.6. The minimum Gasteiger partial charge on any atom is -0.363 e. The summed E-state index contributed by atoms with van der Waals surface area (Å²) in [4.78, 5) is 12.7. The summed E-state index contributed by atoms with van der Waals surface area (Å²) in [6, 6.07) is 3.79. The average Bonchev–Trinajstić information content (AvgIpc) is 2.48. The molecule has 1 aromatic carbocycles. The van der Waals surface area contributed by atoms with Crippen LogP contribution in [0.3, 0.4) is 0 Å². The van der Waals surface area contributed by atoms with Crippen LogP contribution in [-0.2, 0) is 0 Å². The van der Waals surface area contributed by atoms with Crippen molar-refractivity contribution in [1.29, 1.82) is 0 Å². The fourth-order valence-corrected chi connectivity index (χ4v) is 3.34. The van der Waals surface area contributed by atoms with Crippen LogP contribution in [0.5, 0.6) is 0 Å². The first-order valence-electron chi connectivity index (χ1n) is 7.49. The summed E-state index contributed by atoms with van der Waals surface area (Å²) in [6.07, 6.45) is 4.20. The van der Waals surface area contributed by atoms with Gasteiger partial charge in [0.25, 0.3) is 5.69 Å². The molecule has 2 N–H and O–H groups in total. The quantitative estimate of drug-likeness (QED) is 0.669. The first kappa shape index (κ1) is 15.7. The van der Waals surface area contributed by atoms with E-state index < -0.39 is 10.7 Å². The number of nitrogens with zero attached hydrogens (tertiary/aromatic N) is 2. The second-order valence-corrected chi connectivity index (χ2v) is 5.52. The molecule has 1 saturated carbocycles. The highest BCUT2D eigenvalue weighted by atomic mass is 19.1. The van der Waals surface area contributed by atoms with Crippen LogP contribution in [-0.4, -0.2) is 24.1 Å². The van der Waals surface area contributed by atoms with Gasteiger partial charge in [0.1, 0.15) is 11.5 Å². The predicted molar refractivity (Wildman–Crippen MR) is 80.9 cm³/mol. The highest BCUT2D eigenvalue weighted by Gasteiger charge is 2.32. The van der Waals surface area contributed by atoms with E-state index in [0.717, 1.165) is 31.7 Å². The Balaban J connectivity index is 2.40. The summed E-state index contributed by atoms with van der Waals surface area (Å²) in [5.74, 6) is -0.143. The zero-order chi connectivity index (χ0) is 15.4. The Morgan fingerprint density at radius 1 is 1.43 bits per heavy atom. The van der Waals surface area contributed by atoms with E-state index in [2.05, 4.69) is 0 Å². The summed E-state index contributed by atoms with van der Waals surface area (Å²) in [5.41, 5.74) is 6.18. The lowest BCUT2D eigenvalue weighted by Crippen LogP contribution is -2.45. The molecule has 1 aliphatic rings. The second-order valence-electron chi connectivity index (χ2n) is 5.52. The number of hydrogen-bond donors (Lipinski definition) is 1. The molecule has 2 rings (SSSR count). The lowest BCUT2D eigenvalue weighted by molar-refractivity contribution is -0.384. The molecule has 21 heavy (non-hydrogen) atoms. The standard InChI is InChI=1S/C15H22FN3O2/c1-2-18(13-6-4-3-5-11(13)10-17)15-9-12(16)7-8-14(15)19(20)21/h7-9,11,13H,2-6,10,17H2,1H3. The molecule has 0 amide bonds. The minimum absolute atomic E-state index is 0.0420. The molecule has 0 aliphatic heterocycles. The molecule has 0 radical (unpaired) electrons. The number of rotatable bonds is 5. The number of nitro groups is 1. The minimum atomic E-state index is -0.450. The molecule has 0 heterocycles. The Hall–Kier alpha value is -1.69. The zero-order valence-corrected chi connectivity index (χ0v) is 12.3. The van der Waals surface area contributed by atoms with Crippen LogP contribution in [0.15, 0.2) is 18.2 Å². The molecule has 5 nitrogen and oxygen atoms in total. The maximum atomic E-state index is 13.6. The second kappa shape index (κ2) is 6.85. The smallest absolute Gasteiger partial charge is 0.292 e. The number of halogens is 1. The lowest BCUT2D eigenvalue weighted by atomic mass is 9.83. The Morgan fingerprint density at radius 3 is 2.76 bits per heavy atom. The summed E-state index contributed by atoms with van der Waals surface area (Å²) in [5, 5.41) is 11.2. The van der Waals surface area contributed by atoms with Gasteiger partial charge < -0.3 is 10.6 Å². The van der Waals surface area contributed by atoms with E-state index in [1.165, 1.54) is 12.1 Å². The maximum Gasteiger partial charge on any atom is 0.292 e. The number of nitrogens with two attached hydrogens (primary N) is 1. The van der Waals surface area contributed by atoms with Gasteiger partial charge in [0, 0.05) is 24.7 Å². The van der Waals surface area contributed by atoms with Crippen LogP contribution in [0.1, 0.15) is 32.6 Å². The monoisotopic (exact) mass is 295 g/mol. The third kappa shape index (κ3) is 3.32. The van der Waals surface area contributed by atoms with Crippen LogP contribution >= 0.6 is 0 Å². The van der Waals surface area contributed by atoms with E-state index >= 15 is 0 Å². The summed E-state index contributed by atoms with van der Waals surface area (Å²) >= 11 is 0. The van der Waals surface area contributed by atoms with E-state index in [9.17, 15) is 14.5 Å². The molecule has 1 fully saturated rings. The normalized spacial score (nSPS) is 22.0. The Labute approximate surface area is 124 Å². The Bertz CT molecular complexity index is 510. The third-order valence-corrected chi connectivity index (χ3v) is 4.36. The van der Waals surface area contributed by atoms with Gasteiger partial charge in [-0.2, -0.15) is 0 Å². The summed E-state index contributed by atoms with van der Waals surface area (Å²) in [7, 11) is 0. The average molecular weight is 295 g/mol. The van der Waals surface area contributed by atoms with Crippen molar-refractivity contribution in [3.05, 3.63) is 34.1 Å². The van der Waals surface area contributed by atoms with Crippen molar-refractivity contribution >= 4 is 11.4 Å². The van der Waals surface area contributed by atoms with Crippen LogP contribution in [0.4, 0.5) is 15.8 Å². The van der Waals surface area contributed by atoms with E-state index in [-0.39, 0.29) is 11.7 Å². The Kier molecular flexibility index (Phi) is 5.12. The molecular formula is C15H22FN3O2. The number of nitro benzene ring substituents is 1. The first-order valence-corrected chi connectivity index (χ1v) is 7.49. The largest absolute Gasteiger partial charge is 0.363 e. The van der Waals surface area contributed by atoms with E-state index in [0.29, 0.717) is 24.7 Å². The number of hydrogen-bond acceptors (Lipinski definition) is 4. The van der Waals surface area contributed by atoms with Crippen molar-refractivity contribution in [2.75, 3.05) is 18.0 Å². The van der Waals surface area contributed by atoms with Crippen molar-refractivity contribution in [3.8, 4) is 0 Å². The van der Waals surface area contributed by atoms with Crippen LogP contribution in [0.25, 0.3) is 0 Å². The van der Waals surface area contributed by atoms with E-state index in [1.54, 1.807) is 0 Å². The molecule has 2 unspecified atom stereocenters. The third-order valence-electron chi connectivity index (χ3n) is 4.36. The highest BCUT2D eigenvalue weighted by molar-refractivity contribution is 5.64. The van der Waals surface area contributed by atoms with Gasteiger partial charge in [-0.1, -0.05) is 12.8 Å². The SMILES string of the molecule is CCN(c1cc(F)ccc1[N+](=O)[O-])C1CCCCC1CN. The first-order chi connectivity index (χ1) is 10.1. The van der Waals surface area contributed by atoms with Gasteiger partial charge in [-0.05, 0) is 38.3 Å². The van der Waals surface area contributed by atoms with Crippen molar-refractivity contribution in [1.82, 2.24) is 0 Å². The molecule has 0 saturated heterocycles. The van der Waals surface area contributed by atoms with Crippen LogP contribution in [0.2, 0.25) is 0 Å². The molecular weight excluding hydrogens is 273 g/mol. The van der Waals surface area contributed by atoms with Gasteiger partial charge in [0.15, 0.2) is 0 Å². The predicted octanol–water partition coefficient (Wildman–Crippen LogP) is 3.08. The van der Waals surface area contributed by atoms with Crippen LogP contribution < -0.4 is 10.6 Å². The van der Waals surface area contributed by atoms with E-state index in [4.69, 9.17) is 5.73 Å². The van der Waals surface area contributed by atoms with Gasteiger partial charge in [0.2, 0.25) is 0 Å². The molecule has 0 aromatic heterocycles. The summed E-state index contributed by atoms with van der Waals surface area (Å²) in [6.45, 7) is 3.10. The number of benzene rings is 1. The molecule has 0 spiro atoms. The lowest BCUT2D eigenvalue weighted by Gasteiger charge is -2.40. The van der Waals surface area contributed by atoms with Crippen molar-refractivity contribution in [2.45, 2.75) is 38.6 Å². The fraction of sp³-hybridized carbons (Fsp3) is 0.600. The van der Waals surface area contributed by atoms with Gasteiger partial charge in [-0.3, -0.25) is 10.1 Å². The van der Waals surface area contributed by atoms with Gasteiger partial charge in [0.05, 0.1) is 4.92 Å². The van der Waals surface area contributed by atoms with Crippen molar-refractivity contribution < 1.29 is 9.31 Å². The van der Waals surface area contributed by atoms with Crippen molar-refractivity contribution in [3.63, 3.8) is 0 Å². The zero-order valence-electron chi connectivity index (χ0n) is 12.3. The van der Waals surface area contributed by atoms with Gasteiger partial charge in [-0.15, -0.1) is 0 Å². The molecule has 1 aromatic rings. The van der Waals surface area contributed by atoms with Crippen LogP contribution in [0, 0.1) is 21.8 Å². The molecule has 2 atom stereocenters. The van der Waals surface area contributed by atoms with E-state index in [1.807, 2.05) is 11.8 Å². The molecule has 1 aliphatic carbocycles. The Morgan fingerprint density at radius 2 is 2.14 bits per heavy atom. The molecule has 0 bridgehead atoms. The maximum absolute atomic E-state index is 13.6. The van der Waals surface area contributed by atoms with Gasteiger partial charge >= 0.3 is 0 Å². The van der Waals surface area contributed by atoms with Crippen molar-refractivity contribution in [2.24, 2.45) is 11.7 Å². The highest BCUT2D eigenvalue weighted by Crippen LogP contribution is 2.36.